The van der Waals surface area contributed by atoms with E-state index in [1.807, 2.05) is 0 Å². The number of carboxylic acids is 2. The molecule has 1 atom stereocenters. The maximum absolute atomic E-state index is 11.1. The van der Waals surface area contributed by atoms with E-state index in [0.29, 0.717) is 0 Å². The first-order chi connectivity index (χ1) is 7.34. The van der Waals surface area contributed by atoms with Crippen LogP contribution in [-0.2, 0) is 19.1 Å². The Labute approximate surface area is 90.8 Å². The van der Waals surface area contributed by atoms with Crippen molar-refractivity contribution in [2.75, 3.05) is 0 Å². The summed E-state index contributed by atoms with van der Waals surface area (Å²) in [7, 11) is 0. The van der Waals surface area contributed by atoms with Gasteiger partial charge in [-0.3, -0.25) is 0 Å². The largest absolute Gasteiger partial charge is 0.478 e. The standard InChI is InChI=1S/C10H10O6/c1-4(2)10(15)16-6-3-5(8(11)12)7(6)9(13)14/h6H,1,3H2,2H3,(H,11,12)(H,13,14). The molecule has 86 valence electrons. The van der Waals surface area contributed by atoms with Crippen molar-refractivity contribution in [3.63, 3.8) is 0 Å². The van der Waals surface area contributed by atoms with E-state index < -0.39 is 24.0 Å². The predicted octanol–water partition coefficient (Wildman–Crippen LogP) is 0.344. The predicted molar refractivity (Wildman–Crippen MR) is 51.6 cm³/mol. The van der Waals surface area contributed by atoms with Crippen LogP contribution in [0.1, 0.15) is 13.3 Å². The van der Waals surface area contributed by atoms with Crippen molar-refractivity contribution in [2.45, 2.75) is 19.4 Å². The van der Waals surface area contributed by atoms with Gasteiger partial charge in [0, 0.05) is 12.0 Å². The van der Waals surface area contributed by atoms with Gasteiger partial charge in [0.1, 0.15) is 6.10 Å². The summed E-state index contributed by atoms with van der Waals surface area (Å²) in [6.07, 6.45) is -1.08. The van der Waals surface area contributed by atoms with Gasteiger partial charge < -0.3 is 14.9 Å². The Kier molecular flexibility index (Phi) is 3.12. The van der Waals surface area contributed by atoms with E-state index in [1.54, 1.807) is 0 Å². The highest BCUT2D eigenvalue weighted by Gasteiger charge is 2.40. The van der Waals surface area contributed by atoms with Crippen molar-refractivity contribution in [3.05, 3.63) is 23.3 Å². The Morgan fingerprint density at radius 2 is 1.88 bits per heavy atom. The number of rotatable bonds is 4. The summed E-state index contributed by atoms with van der Waals surface area (Å²) in [4.78, 5) is 32.4. The lowest BCUT2D eigenvalue weighted by Crippen LogP contribution is -2.36. The van der Waals surface area contributed by atoms with Gasteiger partial charge in [-0.2, -0.15) is 0 Å². The van der Waals surface area contributed by atoms with Crippen LogP contribution in [0.3, 0.4) is 0 Å². The molecule has 0 aromatic rings. The zero-order valence-corrected chi connectivity index (χ0v) is 8.52. The normalized spacial score (nSPS) is 18.7. The summed E-state index contributed by atoms with van der Waals surface area (Å²) in [5.41, 5.74) is -0.470. The number of carbonyl (C=O) groups is 3. The fourth-order valence-corrected chi connectivity index (χ4v) is 1.26. The first-order valence-electron chi connectivity index (χ1n) is 4.40. The molecule has 0 amide bonds. The SMILES string of the molecule is C=C(C)C(=O)OC1CC(C(=O)O)=C1C(=O)O. The van der Waals surface area contributed by atoms with Crippen LogP contribution in [0.2, 0.25) is 0 Å². The Hall–Kier alpha value is -2.11. The fraction of sp³-hybridized carbons (Fsp3) is 0.300. The average Bonchev–Trinajstić information content (AvgIpc) is 2.08. The molecule has 6 nitrogen and oxygen atoms in total. The first-order valence-corrected chi connectivity index (χ1v) is 4.40. The quantitative estimate of drug-likeness (QED) is 0.529. The van der Waals surface area contributed by atoms with Gasteiger partial charge in [-0.25, -0.2) is 14.4 Å². The van der Waals surface area contributed by atoms with Gasteiger partial charge in [0.15, 0.2) is 0 Å². The summed E-state index contributed by atoms with van der Waals surface area (Å²) in [6.45, 7) is 4.76. The highest BCUT2D eigenvalue weighted by Crippen LogP contribution is 2.32. The molecule has 1 unspecified atom stereocenters. The van der Waals surface area contributed by atoms with Crippen LogP contribution in [-0.4, -0.2) is 34.2 Å². The van der Waals surface area contributed by atoms with Crippen molar-refractivity contribution >= 4 is 17.9 Å². The Morgan fingerprint density at radius 3 is 2.25 bits per heavy atom. The lowest BCUT2D eigenvalue weighted by atomic mass is 9.85. The number of aliphatic carboxylic acids is 2. The van der Waals surface area contributed by atoms with Crippen LogP contribution in [0.15, 0.2) is 23.3 Å². The van der Waals surface area contributed by atoms with Gasteiger partial charge in [-0.1, -0.05) is 6.58 Å². The maximum atomic E-state index is 11.1. The van der Waals surface area contributed by atoms with E-state index in [-0.39, 0.29) is 23.1 Å². The lowest BCUT2D eigenvalue weighted by molar-refractivity contribution is -0.148. The molecule has 0 fully saturated rings. The molecular formula is C10H10O6. The van der Waals surface area contributed by atoms with Gasteiger partial charge in [0.2, 0.25) is 0 Å². The number of ether oxygens (including phenoxy) is 1. The topological polar surface area (TPSA) is 101 Å². The Morgan fingerprint density at radius 1 is 1.31 bits per heavy atom. The molecule has 1 rings (SSSR count). The Balaban J connectivity index is 2.83. The average molecular weight is 226 g/mol. The molecule has 0 aromatic carbocycles. The zero-order valence-electron chi connectivity index (χ0n) is 8.52. The summed E-state index contributed by atoms with van der Waals surface area (Å²) in [5.74, 6) is -3.42. The second-order valence-corrected chi connectivity index (χ2v) is 3.38. The molecule has 6 heteroatoms. The number of hydrogen-bond acceptors (Lipinski definition) is 4. The van der Waals surface area contributed by atoms with Crippen molar-refractivity contribution in [3.8, 4) is 0 Å². The van der Waals surface area contributed by atoms with Crippen LogP contribution in [0.4, 0.5) is 0 Å². The van der Waals surface area contributed by atoms with Crippen LogP contribution in [0.25, 0.3) is 0 Å². The van der Waals surface area contributed by atoms with Crippen LogP contribution in [0.5, 0.6) is 0 Å². The van der Waals surface area contributed by atoms with E-state index in [2.05, 4.69) is 6.58 Å². The molecule has 2 N–H and O–H groups in total. The molecule has 0 aliphatic heterocycles. The molecule has 0 saturated carbocycles. The third kappa shape index (κ3) is 2.10. The smallest absolute Gasteiger partial charge is 0.335 e. The van der Waals surface area contributed by atoms with Crippen molar-refractivity contribution in [2.24, 2.45) is 0 Å². The molecule has 0 bridgehead atoms. The summed E-state index contributed by atoms with van der Waals surface area (Å²) in [6, 6.07) is 0. The number of carboxylic acid groups (broad SMARTS) is 2. The van der Waals surface area contributed by atoms with Crippen molar-refractivity contribution in [1.82, 2.24) is 0 Å². The minimum absolute atomic E-state index is 0.0873. The molecule has 0 aromatic heterocycles. The second-order valence-electron chi connectivity index (χ2n) is 3.38. The molecule has 1 aliphatic carbocycles. The molecule has 0 heterocycles. The monoisotopic (exact) mass is 226 g/mol. The molecule has 1 aliphatic rings. The van der Waals surface area contributed by atoms with Crippen LogP contribution in [0, 0.1) is 0 Å². The lowest BCUT2D eigenvalue weighted by Gasteiger charge is -2.28. The first kappa shape index (κ1) is 12.0. The molecule has 0 spiro atoms. The van der Waals surface area contributed by atoms with Crippen molar-refractivity contribution < 1.29 is 29.3 Å². The Bertz CT molecular complexity index is 417. The van der Waals surface area contributed by atoms with Gasteiger partial charge in [-0.15, -0.1) is 0 Å². The third-order valence-corrected chi connectivity index (χ3v) is 2.12. The number of carbonyl (C=O) groups excluding carboxylic acids is 1. The van der Waals surface area contributed by atoms with Crippen LogP contribution < -0.4 is 0 Å². The van der Waals surface area contributed by atoms with E-state index in [4.69, 9.17) is 14.9 Å². The van der Waals surface area contributed by atoms with Gasteiger partial charge in [-0.05, 0) is 6.92 Å². The minimum atomic E-state index is -1.39. The zero-order chi connectivity index (χ0) is 12.5. The summed E-state index contributed by atoms with van der Waals surface area (Å²) in [5, 5.41) is 17.4. The molecule has 0 radical (unpaired) electrons. The van der Waals surface area contributed by atoms with E-state index in [9.17, 15) is 14.4 Å². The third-order valence-electron chi connectivity index (χ3n) is 2.12. The molecular weight excluding hydrogens is 216 g/mol. The van der Waals surface area contributed by atoms with E-state index in [0.717, 1.165) is 0 Å². The minimum Gasteiger partial charge on any atom is -0.478 e. The fourth-order valence-electron chi connectivity index (χ4n) is 1.26. The van der Waals surface area contributed by atoms with E-state index >= 15 is 0 Å². The van der Waals surface area contributed by atoms with Crippen molar-refractivity contribution in [1.29, 1.82) is 0 Å². The number of esters is 1. The molecule has 0 saturated heterocycles. The summed E-state index contributed by atoms with van der Waals surface area (Å²) < 4.78 is 4.76. The maximum Gasteiger partial charge on any atom is 0.335 e. The highest BCUT2D eigenvalue weighted by atomic mass is 16.5. The summed E-state index contributed by atoms with van der Waals surface area (Å²) >= 11 is 0. The number of hydrogen-bond donors (Lipinski definition) is 2. The van der Waals surface area contributed by atoms with Gasteiger partial charge in [0.25, 0.3) is 0 Å². The van der Waals surface area contributed by atoms with E-state index in [1.165, 1.54) is 6.92 Å². The second kappa shape index (κ2) is 4.18. The van der Waals surface area contributed by atoms with Gasteiger partial charge >= 0.3 is 17.9 Å². The molecule has 16 heavy (non-hydrogen) atoms. The highest BCUT2D eigenvalue weighted by molar-refractivity contribution is 6.03. The van der Waals surface area contributed by atoms with Gasteiger partial charge in [0.05, 0.1) is 11.1 Å². The van der Waals surface area contributed by atoms with Crippen LogP contribution >= 0.6 is 0 Å².